The molecular formula is C25H31ClN2O4. The molecule has 1 heterocycles. The largest absolute Gasteiger partial charge is 0.493 e. The third-order valence-corrected chi connectivity index (χ3v) is 7.15. The number of hydrogen-bond donors (Lipinski definition) is 2. The Balaban J connectivity index is 1.61. The van der Waals surface area contributed by atoms with Crippen LogP contribution in [-0.2, 0) is 4.79 Å². The second-order valence-corrected chi connectivity index (χ2v) is 9.23. The van der Waals surface area contributed by atoms with Crippen molar-refractivity contribution in [2.75, 3.05) is 32.6 Å². The van der Waals surface area contributed by atoms with E-state index in [9.17, 15) is 9.90 Å². The van der Waals surface area contributed by atoms with Crippen LogP contribution in [0, 0.1) is 5.92 Å². The van der Waals surface area contributed by atoms with Gasteiger partial charge in [-0.05, 0) is 61.2 Å². The summed E-state index contributed by atoms with van der Waals surface area (Å²) in [6.45, 7) is 0.897. The van der Waals surface area contributed by atoms with E-state index in [4.69, 9.17) is 21.1 Å². The highest BCUT2D eigenvalue weighted by Crippen LogP contribution is 2.50. The van der Waals surface area contributed by atoms with Gasteiger partial charge in [0.1, 0.15) is 0 Å². The Morgan fingerprint density at radius 3 is 2.59 bits per heavy atom. The molecule has 2 aromatic rings. The number of piperidine rings is 1. The molecule has 2 aliphatic rings. The van der Waals surface area contributed by atoms with Crippen LogP contribution in [0.5, 0.6) is 11.5 Å². The number of carbonyl (C=O) groups is 1. The van der Waals surface area contributed by atoms with Crippen molar-refractivity contribution in [3.8, 4) is 11.5 Å². The molecule has 2 N–H and O–H groups in total. The van der Waals surface area contributed by atoms with Gasteiger partial charge in [0.25, 0.3) is 0 Å². The number of halogens is 1. The second-order valence-electron chi connectivity index (χ2n) is 8.79. The maximum absolute atomic E-state index is 12.9. The summed E-state index contributed by atoms with van der Waals surface area (Å²) in [7, 11) is 3.24. The van der Waals surface area contributed by atoms with Gasteiger partial charge in [0.05, 0.1) is 26.4 Å². The Hall–Kier alpha value is -2.28. The second kappa shape index (κ2) is 9.69. The molecule has 0 unspecified atom stereocenters. The van der Waals surface area contributed by atoms with Crippen molar-refractivity contribution in [1.29, 1.82) is 0 Å². The molecule has 1 aliphatic heterocycles. The lowest BCUT2D eigenvalue weighted by Gasteiger charge is -2.52. The van der Waals surface area contributed by atoms with Crippen LogP contribution in [0.15, 0.2) is 42.5 Å². The first kappa shape index (κ1) is 22.9. The summed E-state index contributed by atoms with van der Waals surface area (Å²) in [5.41, 5.74) is 1.05. The molecule has 1 saturated heterocycles. The third-order valence-electron chi connectivity index (χ3n) is 6.90. The van der Waals surface area contributed by atoms with Crippen LogP contribution in [0.25, 0.3) is 0 Å². The van der Waals surface area contributed by atoms with Crippen LogP contribution < -0.4 is 14.8 Å². The normalized spacial score (nSPS) is 25.6. The molecule has 1 saturated carbocycles. The minimum atomic E-state index is -0.695. The van der Waals surface area contributed by atoms with Crippen LogP contribution >= 0.6 is 11.6 Å². The molecule has 2 fully saturated rings. The lowest BCUT2D eigenvalue weighted by molar-refractivity contribution is -0.135. The van der Waals surface area contributed by atoms with Gasteiger partial charge in [0.15, 0.2) is 11.5 Å². The monoisotopic (exact) mass is 458 g/mol. The first-order chi connectivity index (χ1) is 15.4. The third kappa shape index (κ3) is 4.72. The van der Waals surface area contributed by atoms with Crippen LogP contribution in [0.2, 0.25) is 5.02 Å². The Morgan fingerprint density at radius 2 is 1.88 bits per heavy atom. The molecule has 6 nitrogen and oxygen atoms in total. The number of likely N-dealkylation sites (tertiary alicyclic amines) is 1. The fraction of sp³-hybridized carbons (Fsp3) is 0.480. The van der Waals surface area contributed by atoms with E-state index < -0.39 is 5.60 Å². The summed E-state index contributed by atoms with van der Waals surface area (Å²) in [6, 6.07) is 12.9. The minimum absolute atomic E-state index is 0.0615. The number of methoxy groups -OCH3 is 2. The van der Waals surface area contributed by atoms with E-state index in [2.05, 4.69) is 10.2 Å². The standard InChI is InChI=1S/C25H31ClN2O4/c1-31-21-11-6-17(15-22(21)32-2)24-20-5-3-4-12-25(20,30)13-14-28(24)16-23(29)27-19-9-7-18(26)8-10-19/h6-11,15,20,24,30H,3-5,12-14,16H2,1-2H3,(H,27,29)/t20-,24+,25+/m0/s1. The molecule has 1 amide bonds. The fourth-order valence-corrected chi connectivity index (χ4v) is 5.44. The van der Waals surface area contributed by atoms with Gasteiger partial charge in [0.2, 0.25) is 5.91 Å². The molecule has 32 heavy (non-hydrogen) atoms. The number of hydrogen-bond acceptors (Lipinski definition) is 5. The zero-order valence-corrected chi connectivity index (χ0v) is 19.4. The van der Waals surface area contributed by atoms with Gasteiger partial charge in [-0.3, -0.25) is 9.69 Å². The first-order valence-electron chi connectivity index (χ1n) is 11.2. The van der Waals surface area contributed by atoms with Gasteiger partial charge >= 0.3 is 0 Å². The SMILES string of the molecule is COc1ccc([C@@H]2[C@@H]3CCCC[C@@]3(O)CCN2CC(=O)Nc2ccc(Cl)cc2)cc1OC. The van der Waals surface area contributed by atoms with Crippen LogP contribution in [0.3, 0.4) is 0 Å². The summed E-state index contributed by atoms with van der Waals surface area (Å²) >= 11 is 5.95. The molecule has 0 bridgehead atoms. The van der Waals surface area contributed by atoms with E-state index >= 15 is 0 Å². The maximum atomic E-state index is 12.9. The van der Waals surface area contributed by atoms with E-state index in [0.29, 0.717) is 35.2 Å². The van der Waals surface area contributed by atoms with Gasteiger partial charge in [-0.1, -0.05) is 30.5 Å². The van der Waals surface area contributed by atoms with Crippen molar-refractivity contribution in [2.45, 2.75) is 43.7 Å². The van der Waals surface area contributed by atoms with Gasteiger partial charge in [0, 0.05) is 29.2 Å². The molecule has 0 spiro atoms. The topological polar surface area (TPSA) is 71.0 Å². The van der Waals surface area contributed by atoms with Crippen molar-refractivity contribution < 1.29 is 19.4 Å². The van der Waals surface area contributed by atoms with Crippen molar-refractivity contribution >= 4 is 23.2 Å². The predicted octanol–water partition coefficient (Wildman–Crippen LogP) is 4.66. The highest BCUT2D eigenvalue weighted by Gasteiger charge is 2.49. The Kier molecular flexibility index (Phi) is 6.93. The summed E-state index contributed by atoms with van der Waals surface area (Å²) in [4.78, 5) is 15.1. The Labute approximate surface area is 194 Å². The number of aliphatic hydroxyl groups is 1. The molecule has 4 rings (SSSR count). The zero-order chi connectivity index (χ0) is 22.7. The fourth-order valence-electron chi connectivity index (χ4n) is 5.32. The van der Waals surface area contributed by atoms with Crippen molar-refractivity contribution in [2.24, 2.45) is 5.92 Å². The maximum Gasteiger partial charge on any atom is 0.238 e. The van der Waals surface area contributed by atoms with Crippen LogP contribution in [-0.4, -0.2) is 48.8 Å². The highest BCUT2D eigenvalue weighted by molar-refractivity contribution is 6.30. The Bertz CT molecular complexity index is 951. The number of benzene rings is 2. The summed E-state index contributed by atoms with van der Waals surface area (Å²) < 4.78 is 10.9. The number of amides is 1. The number of fused-ring (bicyclic) bond motifs is 1. The number of anilines is 1. The van der Waals surface area contributed by atoms with Gasteiger partial charge in [-0.15, -0.1) is 0 Å². The van der Waals surface area contributed by atoms with Crippen LogP contribution in [0.4, 0.5) is 5.69 Å². The lowest BCUT2D eigenvalue weighted by Crippen LogP contribution is -2.56. The molecule has 1 aliphatic carbocycles. The molecular weight excluding hydrogens is 428 g/mol. The van der Waals surface area contributed by atoms with E-state index in [1.54, 1.807) is 38.5 Å². The van der Waals surface area contributed by atoms with Crippen molar-refractivity contribution in [1.82, 2.24) is 4.90 Å². The molecule has 2 aromatic carbocycles. The quantitative estimate of drug-likeness (QED) is 0.658. The average Bonchev–Trinajstić information content (AvgIpc) is 2.80. The van der Waals surface area contributed by atoms with Gasteiger partial charge in [-0.25, -0.2) is 0 Å². The van der Waals surface area contributed by atoms with E-state index in [1.807, 2.05) is 18.2 Å². The van der Waals surface area contributed by atoms with Gasteiger partial charge < -0.3 is 19.9 Å². The lowest BCUT2D eigenvalue weighted by atomic mass is 9.66. The molecule has 3 atom stereocenters. The van der Waals surface area contributed by atoms with E-state index in [-0.39, 0.29) is 24.4 Å². The smallest absolute Gasteiger partial charge is 0.238 e. The number of ether oxygens (including phenoxy) is 2. The van der Waals surface area contributed by atoms with Crippen molar-refractivity contribution in [3.63, 3.8) is 0 Å². The minimum Gasteiger partial charge on any atom is -0.493 e. The number of nitrogens with zero attached hydrogens (tertiary/aromatic N) is 1. The molecule has 0 aromatic heterocycles. The first-order valence-corrected chi connectivity index (χ1v) is 11.5. The number of carbonyl (C=O) groups excluding carboxylic acids is 1. The van der Waals surface area contributed by atoms with Crippen LogP contribution in [0.1, 0.15) is 43.7 Å². The highest BCUT2D eigenvalue weighted by atomic mass is 35.5. The summed E-state index contributed by atoms with van der Waals surface area (Å²) in [5, 5.41) is 15.1. The van der Waals surface area contributed by atoms with E-state index in [1.165, 1.54) is 0 Å². The summed E-state index contributed by atoms with van der Waals surface area (Å²) in [6.07, 6.45) is 4.55. The molecule has 0 radical (unpaired) electrons. The number of rotatable bonds is 6. The predicted molar refractivity (Wildman–Crippen MR) is 125 cm³/mol. The van der Waals surface area contributed by atoms with Gasteiger partial charge in [-0.2, -0.15) is 0 Å². The Morgan fingerprint density at radius 1 is 1.12 bits per heavy atom. The average molecular weight is 459 g/mol. The molecule has 7 heteroatoms. The zero-order valence-electron chi connectivity index (χ0n) is 18.6. The summed E-state index contributed by atoms with van der Waals surface area (Å²) in [5.74, 6) is 1.30. The molecule has 172 valence electrons. The van der Waals surface area contributed by atoms with Crippen molar-refractivity contribution in [3.05, 3.63) is 53.1 Å². The number of nitrogens with one attached hydrogen (secondary N) is 1. The van der Waals surface area contributed by atoms with E-state index in [0.717, 1.165) is 31.2 Å².